The molecule has 0 aliphatic heterocycles. The average molecular weight is 276 g/mol. The Bertz CT molecular complexity index is 302. The molecule has 1 unspecified atom stereocenters. The summed E-state index contributed by atoms with van der Waals surface area (Å²) >= 11 is 3.43. The summed E-state index contributed by atoms with van der Waals surface area (Å²) in [5.41, 5.74) is 0.564. The number of hydrogen-bond acceptors (Lipinski definition) is 3. The highest BCUT2D eigenvalue weighted by Crippen LogP contribution is 2.06. The number of amides is 1. The predicted octanol–water partition coefficient (Wildman–Crippen LogP) is 0.892. The zero-order chi connectivity index (χ0) is 11.3. The molecule has 0 saturated heterocycles. The third-order valence-corrected chi connectivity index (χ3v) is 2.47. The van der Waals surface area contributed by atoms with Crippen LogP contribution in [-0.2, 0) is 4.74 Å². The van der Waals surface area contributed by atoms with E-state index in [2.05, 4.69) is 26.1 Å². The van der Waals surface area contributed by atoms with Gasteiger partial charge in [-0.15, -0.1) is 0 Å². The Balaban J connectivity index is 2.47. The fraction of sp³-hybridized carbons (Fsp3) is 0.556. The van der Waals surface area contributed by atoms with Crippen LogP contribution in [0.1, 0.15) is 10.4 Å². The molecular formula is C9H14BrN3O2. The van der Waals surface area contributed by atoms with E-state index in [0.29, 0.717) is 18.7 Å². The molecule has 0 aromatic carbocycles. The maximum Gasteiger partial charge on any atom is 0.256 e. The van der Waals surface area contributed by atoms with Gasteiger partial charge in [-0.2, -0.15) is 5.10 Å². The van der Waals surface area contributed by atoms with Gasteiger partial charge < -0.3 is 9.64 Å². The largest absolute Gasteiger partial charge is 0.383 e. The third-order valence-electron chi connectivity index (χ3n) is 1.91. The van der Waals surface area contributed by atoms with Gasteiger partial charge in [0.1, 0.15) is 0 Å². The van der Waals surface area contributed by atoms with E-state index < -0.39 is 0 Å². The van der Waals surface area contributed by atoms with Crippen LogP contribution in [-0.4, -0.2) is 53.1 Å². The lowest BCUT2D eigenvalue weighted by atomic mass is 10.3. The molecule has 1 N–H and O–H groups in total. The summed E-state index contributed by atoms with van der Waals surface area (Å²) < 4.78 is 4.97. The summed E-state index contributed by atoms with van der Waals surface area (Å²) in [6.07, 6.45) is 3.09. The number of aromatic amines is 1. The molecule has 1 heterocycles. The number of hydrogen-bond donors (Lipinski definition) is 1. The number of H-pyrrole nitrogens is 1. The second-order valence-corrected chi connectivity index (χ2v) is 4.52. The molecule has 0 radical (unpaired) electrons. The molecule has 0 aliphatic carbocycles. The summed E-state index contributed by atoms with van der Waals surface area (Å²) in [5.74, 6) is -0.0516. The number of ether oxygens (including phenoxy) is 1. The molecule has 15 heavy (non-hydrogen) atoms. The maximum atomic E-state index is 11.7. The summed E-state index contributed by atoms with van der Waals surface area (Å²) in [7, 11) is 3.38. The van der Waals surface area contributed by atoms with E-state index in [0.717, 1.165) is 0 Å². The number of aromatic nitrogens is 2. The monoisotopic (exact) mass is 275 g/mol. The third kappa shape index (κ3) is 3.64. The molecule has 1 atom stereocenters. The van der Waals surface area contributed by atoms with E-state index in [1.165, 1.54) is 6.20 Å². The zero-order valence-electron chi connectivity index (χ0n) is 8.74. The molecule has 0 spiro atoms. The second kappa shape index (κ2) is 5.87. The van der Waals surface area contributed by atoms with Crippen molar-refractivity contribution < 1.29 is 9.53 Å². The maximum absolute atomic E-state index is 11.7. The number of rotatable bonds is 5. The van der Waals surface area contributed by atoms with E-state index in [-0.39, 0.29) is 10.7 Å². The van der Waals surface area contributed by atoms with Gasteiger partial charge in [-0.1, -0.05) is 15.9 Å². The van der Waals surface area contributed by atoms with Gasteiger partial charge in [0.05, 0.1) is 23.2 Å². The van der Waals surface area contributed by atoms with Crippen LogP contribution in [0, 0.1) is 0 Å². The Morgan fingerprint density at radius 3 is 3.07 bits per heavy atom. The van der Waals surface area contributed by atoms with E-state index >= 15 is 0 Å². The Morgan fingerprint density at radius 1 is 1.80 bits per heavy atom. The topological polar surface area (TPSA) is 58.2 Å². The SMILES string of the molecule is COCC(Br)CN(C)C(=O)c1cn[nH]c1. The number of carbonyl (C=O) groups excluding carboxylic acids is 1. The van der Waals surface area contributed by atoms with Crippen LogP contribution in [0.25, 0.3) is 0 Å². The summed E-state index contributed by atoms with van der Waals surface area (Å²) in [5, 5.41) is 6.34. The van der Waals surface area contributed by atoms with Gasteiger partial charge in [-0.3, -0.25) is 9.89 Å². The van der Waals surface area contributed by atoms with Gasteiger partial charge >= 0.3 is 0 Å². The molecule has 0 aliphatic rings. The van der Waals surface area contributed by atoms with E-state index in [1.807, 2.05) is 0 Å². The lowest BCUT2D eigenvalue weighted by Gasteiger charge is -2.19. The van der Waals surface area contributed by atoms with Crippen LogP contribution in [0.15, 0.2) is 12.4 Å². The lowest BCUT2D eigenvalue weighted by Crippen LogP contribution is -2.33. The fourth-order valence-corrected chi connectivity index (χ4v) is 1.90. The highest BCUT2D eigenvalue weighted by Gasteiger charge is 2.15. The van der Waals surface area contributed by atoms with E-state index in [1.54, 1.807) is 25.3 Å². The van der Waals surface area contributed by atoms with Gasteiger partial charge in [0.2, 0.25) is 0 Å². The van der Waals surface area contributed by atoms with Crippen molar-refractivity contribution in [2.75, 3.05) is 27.3 Å². The summed E-state index contributed by atoms with van der Waals surface area (Å²) in [6, 6.07) is 0. The van der Waals surface area contributed by atoms with Crippen molar-refractivity contribution >= 4 is 21.8 Å². The molecule has 5 nitrogen and oxygen atoms in total. The number of alkyl halides is 1. The first kappa shape index (κ1) is 12.2. The minimum atomic E-state index is -0.0516. The van der Waals surface area contributed by atoms with Crippen molar-refractivity contribution in [3.8, 4) is 0 Å². The van der Waals surface area contributed by atoms with Crippen molar-refractivity contribution in [3.63, 3.8) is 0 Å². The minimum Gasteiger partial charge on any atom is -0.383 e. The Morgan fingerprint density at radius 2 is 2.53 bits per heavy atom. The molecule has 1 rings (SSSR count). The Hall–Kier alpha value is -0.880. The van der Waals surface area contributed by atoms with Crippen molar-refractivity contribution in [2.24, 2.45) is 0 Å². The first-order valence-electron chi connectivity index (χ1n) is 4.52. The molecule has 6 heteroatoms. The number of carbonyl (C=O) groups is 1. The van der Waals surface area contributed by atoms with Crippen molar-refractivity contribution in [3.05, 3.63) is 18.0 Å². The van der Waals surface area contributed by atoms with Crippen molar-refractivity contribution in [1.29, 1.82) is 0 Å². The second-order valence-electron chi connectivity index (χ2n) is 3.23. The van der Waals surface area contributed by atoms with Gasteiger partial charge in [-0.25, -0.2) is 0 Å². The molecule has 84 valence electrons. The molecule has 1 aromatic rings. The Labute approximate surface area is 96.9 Å². The Kier molecular flexibility index (Phi) is 4.77. The standard InChI is InChI=1S/C9H14BrN3O2/c1-13(5-8(10)6-15-2)9(14)7-3-11-12-4-7/h3-4,8H,5-6H2,1-2H3,(H,11,12). The van der Waals surface area contributed by atoms with Crippen LogP contribution in [0.2, 0.25) is 0 Å². The molecule has 0 bridgehead atoms. The van der Waals surface area contributed by atoms with Gasteiger partial charge in [0.25, 0.3) is 5.91 Å². The van der Waals surface area contributed by atoms with Crippen molar-refractivity contribution in [2.45, 2.75) is 4.83 Å². The van der Waals surface area contributed by atoms with E-state index in [9.17, 15) is 4.79 Å². The van der Waals surface area contributed by atoms with Crippen LogP contribution in [0.4, 0.5) is 0 Å². The first-order chi connectivity index (χ1) is 7.15. The minimum absolute atomic E-state index is 0.0516. The van der Waals surface area contributed by atoms with Crippen LogP contribution in [0.5, 0.6) is 0 Å². The van der Waals surface area contributed by atoms with E-state index in [4.69, 9.17) is 4.74 Å². The van der Waals surface area contributed by atoms with Crippen LogP contribution >= 0.6 is 15.9 Å². The lowest BCUT2D eigenvalue weighted by molar-refractivity contribution is 0.0784. The number of halogens is 1. The van der Waals surface area contributed by atoms with Gasteiger partial charge in [-0.05, 0) is 0 Å². The fourth-order valence-electron chi connectivity index (χ4n) is 1.20. The van der Waals surface area contributed by atoms with Gasteiger partial charge in [0, 0.05) is 26.9 Å². The van der Waals surface area contributed by atoms with Crippen LogP contribution in [0.3, 0.4) is 0 Å². The normalized spacial score (nSPS) is 12.5. The highest BCUT2D eigenvalue weighted by atomic mass is 79.9. The summed E-state index contributed by atoms with van der Waals surface area (Å²) in [6.45, 7) is 1.17. The molecule has 0 fully saturated rings. The number of nitrogens with zero attached hydrogens (tertiary/aromatic N) is 2. The quantitative estimate of drug-likeness (QED) is 0.813. The number of nitrogens with one attached hydrogen (secondary N) is 1. The average Bonchev–Trinajstić information content (AvgIpc) is 2.69. The molecule has 1 aromatic heterocycles. The predicted molar refractivity (Wildman–Crippen MR) is 60.1 cm³/mol. The smallest absolute Gasteiger partial charge is 0.256 e. The van der Waals surface area contributed by atoms with Gasteiger partial charge in [0.15, 0.2) is 0 Å². The molecule has 0 saturated carbocycles. The highest BCUT2D eigenvalue weighted by molar-refractivity contribution is 9.09. The first-order valence-corrected chi connectivity index (χ1v) is 5.44. The molecule has 1 amide bonds. The van der Waals surface area contributed by atoms with Crippen LogP contribution < -0.4 is 0 Å². The molecular weight excluding hydrogens is 262 g/mol. The number of methoxy groups -OCH3 is 1. The zero-order valence-corrected chi connectivity index (χ0v) is 10.3. The summed E-state index contributed by atoms with van der Waals surface area (Å²) in [4.78, 5) is 13.5. The van der Waals surface area contributed by atoms with Crippen molar-refractivity contribution in [1.82, 2.24) is 15.1 Å².